The number of nitrogens with zero attached hydrogens (tertiary/aromatic N) is 1. The van der Waals surface area contributed by atoms with Gasteiger partial charge in [0.2, 0.25) is 0 Å². The quantitative estimate of drug-likeness (QED) is 0.460. The van der Waals surface area contributed by atoms with E-state index in [2.05, 4.69) is 6.92 Å². The lowest BCUT2D eigenvalue weighted by Crippen LogP contribution is -2.37. The minimum atomic E-state index is 0.242. The highest BCUT2D eigenvalue weighted by molar-refractivity contribution is 5.74. The third-order valence-electron chi connectivity index (χ3n) is 2.77. The van der Waals surface area contributed by atoms with Gasteiger partial charge in [-0.15, -0.1) is 0 Å². The highest BCUT2D eigenvalue weighted by Crippen LogP contribution is 2.19. The summed E-state index contributed by atoms with van der Waals surface area (Å²) in [5.41, 5.74) is 5.43. The van der Waals surface area contributed by atoms with Gasteiger partial charge in [0.25, 0.3) is 0 Å². The Morgan fingerprint density at radius 1 is 1.50 bits per heavy atom. The first kappa shape index (κ1) is 9.36. The number of guanidine groups is 1. The Kier molecular flexibility index (Phi) is 3.38. The Morgan fingerprint density at radius 2 is 2.25 bits per heavy atom. The molecule has 3 nitrogen and oxygen atoms in total. The fourth-order valence-corrected chi connectivity index (χ4v) is 1.81. The summed E-state index contributed by atoms with van der Waals surface area (Å²) in [6, 6.07) is 0. The van der Waals surface area contributed by atoms with Crippen molar-refractivity contribution in [3.05, 3.63) is 0 Å². The molecule has 1 saturated heterocycles. The maximum Gasteiger partial charge on any atom is 0.188 e. The van der Waals surface area contributed by atoms with Crippen LogP contribution in [0.15, 0.2) is 0 Å². The molecule has 70 valence electrons. The van der Waals surface area contributed by atoms with Crippen LogP contribution < -0.4 is 5.73 Å². The molecule has 1 unspecified atom stereocenters. The zero-order chi connectivity index (χ0) is 8.97. The SMILES string of the molecule is CCC1CCCN(C(=N)N)CC1. The van der Waals surface area contributed by atoms with Gasteiger partial charge in [-0.2, -0.15) is 0 Å². The second kappa shape index (κ2) is 4.33. The van der Waals surface area contributed by atoms with E-state index in [0.717, 1.165) is 19.0 Å². The lowest BCUT2D eigenvalue weighted by molar-refractivity contribution is 0.407. The molecule has 0 spiro atoms. The van der Waals surface area contributed by atoms with Gasteiger partial charge in [0.15, 0.2) is 5.96 Å². The van der Waals surface area contributed by atoms with E-state index in [0.29, 0.717) is 0 Å². The summed E-state index contributed by atoms with van der Waals surface area (Å²) >= 11 is 0. The highest BCUT2D eigenvalue weighted by atomic mass is 15.2. The van der Waals surface area contributed by atoms with Crippen molar-refractivity contribution >= 4 is 5.96 Å². The second-order valence-corrected chi connectivity index (χ2v) is 3.58. The molecule has 12 heavy (non-hydrogen) atoms. The Bertz CT molecular complexity index is 156. The van der Waals surface area contributed by atoms with E-state index in [4.69, 9.17) is 11.1 Å². The van der Waals surface area contributed by atoms with Gasteiger partial charge < -0.3 is 10.6 Å². The number of hydrogen-bond donors (Lipinski definition) is 2. The van der Waals surface area contributed by atoms with Crippen LogP contribution in [0.2, 0.25) is 0 Å². The van der Waals surface area contributed by atoms with Crippen molar-refractivity contribution < 1.29 is 0 Å². The maximum absolute atomic E-state index is 7.31. The molecule has 0 radical (unpaired) electrons. The summed E-state index contributed by atoms with van der Waals surface area (Å²) < 4.78 is 0. The number of hydrogen-bond acceptors (Lipinski definition) is 1. The third kappa shape index (κ3) is 2.40. The standard InChI is InChI=1S/C9H19N3/c1-2-8-4-3-6-12(7-5-8)9(10)11/h8H,2-7H2,1H3,(H3,10,11). The van der Waals surface area contributed by atoms with E-state index in [1.807, 2.05) is 4.90 Å². The van der Waals surface area contributed by atoms with E-state index >= 15 is 0 Å². The van der Waals surface area contributed by atoms with Gasteiger partial charge in [-0.3, -0.25) is 5.41 Å². The van der Waals surface area contributed by atoms with Gasteiger partial charge >= 0.3 is 0 Å². The summed E-state index contributed by atoms with van der Waals surface area (Å²) in [6.45, 7) is 4.20. The Morgan fingerprint density at radius 3 is 2.83 bits per heavy atom. The topological polar surface area (TPSA) is 53.1 Å². The van der Waals surface area contributed by atoms with Crippen molar-refractivity contribution in [2.45, 2.75) is 32.6 Å². The fourth-order valence-electron chi connectivity index (χ4n) is 1.81. The molecular weight excluding hydrogens is 150 g/mol. The number of likely N-dealkylation sites (tertiary alicyclic amines) is 1. The molecule has 1 fully saturated rings. The molecule has 0 aromatic rings. The zero-order valence-electron chi connectivity index (χ0n) is 7.84. The molecule has 1 atom stereocenters. The van der Waals surface area contributed by atoms with Crippen LogP contribution in [0, 0.1) is 11.3 Å². The van der Waals surface area contributed by atoms with Gasteiger partial charge in [-0.1, -0.05) is 13.3 Å². The minimum absolute atomic E-state index is 0.242. The molecule has 0 aliphatic carbocycles. The normalized spacial score (nSPS) is 25.1. The second-order valence-electron chi connectivity index (χ2n) is 3.58. The van der Waals surface area contributed by atoms with Crippen molar-refractivity contribution in [2.75, 3.05) is 13.1 Å². The van der Waals surface area contributed by atoms with Crippen LogP contribution in [0.5, 0.6) is 0 Å². The van der Waals surface area contributed by atoms with Crippen LogP contribution in [0.3, 0.4) is 0 Å². The van der Waals surface area contributed by atoms with Crippen LogP contribution in [0.25, 0.3) is 0 Å². The molecule has 0 aromatic carbocycles. The average molecular weight is 169 g/mol. The molecule has 3 heteroatoms. The minimum Gasteiger partial charge on any atom is -0.370 e. The molecule has 0 aromatic heterocycles. The lowest BCUT2D eigenvalue weighted by atomic mass is 9.98. The summed E-state index contributed by atoms with van der Waals surface area (Å²) in [5.74, 6) is 1.10. The maximum atomic E-state index is 7.31. The van der Waals surface area contributed by atoms with Crippen LogP contribution in [0.4, 0.5) is 0 Å². The third-order valence-corrected chi connectivity index (χ3v) is 2.77. The predicted molar refractivity (Wildman–Crippen MR) is 51.1 cm³/mol. The van der Waals surface area contributed by atoms with Gasteiger partial charge in [0.05, 0.1) is 0 Å². The van der Waals surface area contributed by atoms with E-state index < -0.39 is 0 Å². The summed E-state index contributed by atoms with van der Waals surface area (Å²) in [5, 5.41) is 7.31. The summed E-state index contributed by atoms with van der Waals surface area (Å²) in [4.78, 5) is 1.98. The zero-order valence-corrected chi connectivity index (χ0v) is 7.84. The van der Waals surface area contributed by atoms with Gasteiger partial charge in [0, 0.05) is 13.1 Å². The van der Waals surface area contributed by atoms with Crippen molar-refractivity contribution in [2.24, 2.45) is 11.7 Å². The first-order valence-electron chi connectivity index (χ1n) is 4.83. The Hall–Kier alpha value is -0.730. The molecule has 0 bridgehead atoms. The molecule has 1 heterocycles. The first-order valence-corrected chi connectivity index (χ1v) is 4.83. The molecule has 1 aliphatic heterocycles. The molecular formula is C9H19N3. The van der Waals surface area contributed by atoms with Crippen LogP contribution in [-0.4, -0.2) is 23.9 Å². The van der Waals surface area contributed by atoms with Gasteiger partial charge in [-0.25, -0.2) is 0 Å². The number of nitrogens with one attached hydrogen (secondary N) is 1. The fraction of sp³-hybridized carbons (Fsp3) is 0.889. The number of nitrogens with two attached hydrogens (primary N) is 1. The molecule has 0 saturated carbocycles. The molecule has 3 N–H and O–H groups in total. The highest BCUT2D eigenvalue weighted by Gasteiger charge is 2.15. The van der Waals surface area contributed by atoms with E-state index in [1.54, 1.807) is 0 Å². The lowest BCUT2D eigenvalue weighted by Gasteiger charge is -2.19. The Labute approximate surface area is 74.4 Å². The van der Waals surface area contributed by atoms with Crippen LogP contribution in [0.1, 0.15) is 32.6 Å². The van der Waals surface area contributed by atoms with Crippen molar-refractivity contribution in [3.63, 3.8) is 0 Å². The monoisotopic (exact) mass is 169 g/mol. The van der Waals surface area contributed by atoms with Crippen LogP contribution >= 0.6 is 0 Å². The summed E-state index contributed by atoms with van der Waals surface area (Å²) in [7, 11) is 0. The number of rotatable bonds is 1. The van der Waals surface area contributed by atoms with E-state index in [1.165, 1.54) is 25.7 Å². The van der Waals surface area contributed by atoms with Crippen molar-refractivity contribution in [1.29, 1.82) is 5.41 Å². The molecule has 1 rings (SSSR count). The van der Waals surface area contributed by atoms with Gasteiger partial charge in [0.1, 0.15) is 0 Å². The largest absolute Gasteiger partial charge is 0.370 e. The van der Waals surface area contributed by atoms with E-state index in [-0.39, 0.29) is 5.96 Å². The van der Waals surface area contributed by atoms with Crippen molar-refractivity contribution in [1.82, 2.24) is 4.90 Å². The summed E-state index contributed by atoms with van der Waals surface area (Å²) in [6.07, 6.45) is 4.97. The average Bonchev–Trinajstić information content (AvgIpc) is 2.28. The Balaban J connectivity index is 2.39. The molecule has 1 aliphatic rings. The van der Waals surface area contributed by atoms with Crippen molar-refractivity contribution in [3.8, 4) is 0 Å². The van der Waals surface area contributed by atoms with E-state index in [9.17, 15) is 0 Å². The predicted octanol–water partition coefficient (Wildman–Crippen LogP) is 1.39. The van der Waals surface area contributed by atoms with Crippen LogP contribution in [-0.2, 0) is 0 Å². The first-order chi connectivity index (χ1) is 5.74. The smallest absolute Gasteiger partial charge is 0.188 e. The molecule has 0 amide bonds. The van der Waals surface area contributed by atoms with Gasteiger partial charge in [-0.05, 0) is 25.2 Å².